The zero-order valence-electron chi connectivity index (χ0n) is 17.0. The highest BCUT2D eigenvalue weighted by atomic mass is 16.2. The van der Waals surface area contributed by atoms with Gasteiger partial charge in [0.25, 0.3) is 5.91 Å². The van der Waals surface area contributed by atoms with Crippen molar-refractivity contribution in [3.05, 3.63) is 12.2 Å². The molecule has 142 valence electrons. The van der Waals surface area contributed by atoms with Crippen molar-refractivity contribution < 1.29 is 9.39 Å². The van der Waals surface area contributed by atoms with Gasteiger partial charge in [-0.15, -0.1) is 0 Å². The Kier molecular flexibility index (Phi) is 14.0. The zero-order valence-corrected chi connectivity index (χ0v) is 17.0. The van der Waals surface area contributed by atoms with E-state index in [1.807, 2.05) is 14.1 Å². The first-order chi connectivity index (χ1) is 11.4. The number of carbonyl (C=O) groups is 1. The van der Waals surface area contributed by atoms with Gasteiger partial charge in [0.05, 0.1) is 14.1 Å². The number of quaternary nitrogens is 1. The maximum atomic E-state index is 11.7. The minimum Gasteiger partial charge on any atom is -0.265 e. The van der Waals surface area contributed by atoms with Crippen LogP contribution >= 0.6 is 0 Å². The fourth-order valence-electron chi connectivity index (χ4n) is 2.95. The summed E-state index contributed by atoms with van der Waals surface area (Å²) in [5, 5.41) is 0. The van der Waals surface area contributed by atoms with Gasteiger partial charge in [-0.3, -0.25) is 4.79 Å². The molecule has 0 saturated carbocycles. The lowest BCUT2D eigenvalue weighted by Crippen LogP contribution is -2.55. The molecule has 1 N–H and O–H groups in total. The molecule has 0 bridgehead atoms. The van der Waals surface area contributed by atoms with Gasteiger partial charge in [0.15, 0.2) is 0 Å². The minimum atomic E-state index is -0.0466. The number of hydrogen-bond donors (Lipinski definition) is 1. The van der Waals surface area contributed by atoms with Crippen molar-refractivity contribution in [1.82, 2.24) is 5.43 Å². The lowest BCUT2D eigenvalue weighted by molar-refractivity contribution is -0.925. The number of amides is 1. The van der Waals surface area contributed by atoms with Crippen LogP contribution in [0.15, 0.2) is 12.2 Å². The first-order valence-corrected chi connectivity index (χ1v) is 10.2. The first kappa shape index (κ1) is 23.2. The van der Waals surface area contributed by atoms with E-state index in [1.54, 1.807) is 6.92 Å². The van der Waals surface area contributed by atoms with Gasteiger partial charge in [-0.25, -0.2) is 4.59 Å². The molecule has 0 aromatic rings. The Labute approximate surface area is 151 Å². The fourth-order valence-corrected chi connectivity index (χ4v) is 2.95. The van der Waals surface area contributed by atoms with Gasteiger partial charge in [0.2, 0.25) is 0 Å². The van der Waals surface area contributed by atoms with Crippen molar-refractivity contribution in [3.8, 4) is 0 Å². The van der Waals surface area contributed by atoms with Crippen LogP contribution < -0.4 is 5.43 Å². The van der Waals surface area contributed by atoms with E-state index >= 15 is 0 Å². The van der Waals surface area contributed by atoms with E-state index in [0.717, 1.165) is 6.54 Å². The molecular weight excluding hydrogens is 296 g/mol. The molecule has 1 amide bonds. The molecule has 0 radical (unpaired) electrons. The molecule has 0 unspecified atom stereocenters. The van der Waals surface area contributed by atoms with Gasteiger partial charge in [0.1, 0.15) is 6.54 Å². The Morgan fingerprint density at radius 1 is 0.792 bits per heavy atom. The number of nitrogens with one attached hydrogen (secondary N) is 1. The summed E-state index contributed by atoms with van der Waals surface area (Å²) in [6.45, 7) is 8.70. The summed E-state index contributed by atoms with van der Waals surface area (Å²) in [6, 6.07) is 0. The van der Waals surface area contributed by atoms with Crippen LogP contribution in [0.3, 0.4) is 0 Å². The standard InChI is InChI=1S/C21H42N2O/c1-6-7-8-9-10-11-12-13-14-15-16-17-18-19-23(4,5)22-21(24)20(2)3/h2,6-19H2,1,3-5H3/p+1. The van der Waals surface area contributed by atoms with Crippen LogP contribution in [0.4, 0.5) is 0 Å². The lowest BCUT2D eigenvalue weighted by Gasteiger charge is -2.29. The summed E-state index contributed by atoms with van der Waals surface area (Å²) in [7, 11) is 4.09. The monoisotopic (exact) mass is 339 g/mol. The summed E-state index contributed by atoms with van der Waals surface area (Å²) in [4.78, 5) is 11.7. The van der Waals surface area contributed by atoms with E-state index < -0.39 is 0 Å². The van der Waals surface area contributed by atoms with Crippen LogP contribution in [0, 0.1) is 0 Å². The molecule has 0 heterocycles. The quantitative estimate of drug-likeness (QED) is 0.165. The maximum Gasteiger partial charge on any atom is 0.290 e. The van der Waals surface area contributed by atoms with E-state index in [-0.39, 0.29) is 5.91 Å². The predicted molar refractivity (Wildman–Crippen MR) is 106 cm³/mol. The molecule has 0 aromatic heterocycles. The third-order valence-corrected chi connectivity index (χ3v) is 4.61. The Morgan fingerprint density at radius 3 is 1.54 bits per heavy atom. The van der Waals surface area contributed by atoms with E-state index in [0.29, 0.717) is 10.2 Å². The molecule has 24 heavy (non-hydrogen) atoms. The van der Waals surface area contributed by atoms with E-state index in [4.69, 9.17) is 0 Å². The van der Waals surface area contributed by atoms with Gasteiger partial charge in [0, 0.05) is 5.57 Å². The number of hydrogen-bond acceptors (Lipinski definition) is 1. The first-order valence-electron chi connectivity index (χ1n) is 10.2. The molecule has 0 aliphatic heterocycles. The number of rotatable bonds is 16. The van der Waals surface area contributed by atoms with Crippen molar-refractivity contribution in [1.29, 1.82) is 0 Å². The van der Waals surface area contributed by atoms with E-state index in [2.05, 4.69) is 18.9 Å². The molecule has 0 aromatic carbocycles. The van der Waals surface area contributed by atoms with Gasteiger partial charge in [-0.2, -0.15) is 5.43 Å². The normalized spacial score (nSPS) is 11.5. The third-order valence-electron chi connectivity index (χ3n) is 4.61. The largest absolute Gasteiger partial charge is 0.290 e. The van der Waals surface area contributed by atoms with Gasteiger partial charge in [-0.05, 0) is 19.8 Å². The van der Waals surface area contributed by atoms with Crippen LogP contribution in [0.25, 0.3) is 0 Å². The lowest BCUT2D eigenvalue weighted by atomic mass is 10.0. The van der Waals surface area contributed by atoms with Gasteiger partial charge < -0.3 is 0 Å². The number of nitrogens with zero attached hydrogens (tertiary/aromatic N) is 1. The molecule has 0 rings (SSSR count). The highest BCUT2D eigenvalue weighted by Gasteiger charge is 2.18. The van der Waals surface area contributed by atoms with Crippen LogP contribution in [0.5, 0.6) is 0 Å². The van der Waals surface area contributed by atoms with Crippen molar-refractivity contribution in [2.75, 3.05) is 20.6 Å². The molecule has 3 heteroatoms. The average Bonchev–Trinajstić information content (AvgIpc) is 2.51. The molecule has 0 aliphatic carbocycles. The van der Waals surface area contributed by atoms with E-state index in [1.165, 1.54) is 83.5 Å². The maximum absolute atomic E-state index is 11.7. The second-order valence-corrected chi connectivity index (χ2v) is 7.87. The predicted octanol–water partition coefficient (Wildman–Crippen LogP) is 5.76. The third kappa shape index (κ3) is 14.7. The van der Waals surface area contributed by atoms with Crippen molar-refractivity contribution in [2.45, 2.75) is 97.3 Å². The van der Waals surface area contributed by atoms with Crippen LogP contribution in [0.2, 0.25) is 0 Å². The van der Waals surface area contributed by atoms with Crippen molar-refractivity contribution in [2.24, 2.45) is 0 Å². The summed E-state index contributed by atoms with van der Waals surface area (Å²) >= 11 is 0. The van der Waals surface area contributed by atoms with Crippen LogP contribution in [-0.4, -0.2) is 31.1 Å². The van der Waals surface area contributed by atoms with E-state index in [9.17, 15) is 4.79 Å². The summed E-state index contributed by atoms with van der Waals surface area (Å²) in [6.07, 6.45) is 17.8. The molecule has 0 saturated heterocycles. The van der Waals surface area contributed by atoms with Gasteiger partial charge in [-0.1, -0.05) is 84.1 Å². The summed E-state index contributed by atoms with van der Waals surface area (Å²) < 4.78 is 0.545. The van der Waals surface area contributed by atoms with Crippen LogP contribution in [-0.2, 0) is 4.79 Å². The molecule has 0 spiro atoms. The molecular formula is C21H43N2O+. The smallest absolute Gasteiger partial charge is 0.265 e. The molecule has 0 fully saturated rings. The number of carbonyl (C=O) groups excluding carboxylic acids is 1. The molecule has 0 aliphatic rings. The Hall–Kier alpha value is -0.830. The highest BCUT2D eigenvalue weighted by molar-refractivity contribution is 5.91. The molecule has 3 nitrogen and oxygen atoms in total. The Bertz CT molecular complexity index is 337. The summed E-state index contributed by atoms with van der Waals surface area (Å²) in [5.74, 6) is -0.0466. The highest BCUT2D eigenvalue weighted by Crippen LogP contribution is 2.12. The SMILES string of the molecule is C=C(C)C(=O)N[N+](C)(C)CCCCCCCCCCCCCCC. The molecule has 0 atom stereocenters. The van der Waals surface area contributed by atoms with Crippen molar-refractivity contribution in [3.63, 3.8) is 0 Å². The number of unbranched alkanes of at least 4 members (excludes halogenated alkanes) is 12. The second-order valence-electron chi connectivity index (χ2n) is 7.87. The Balaban J connectivity index is 3.38. The van der Waals surface area contributed by atoms with Gasteiger partial charge >= 0.3 is 0 Å². The minimum absolute atomic E-state index is 0.0466. The Morgan fingerprint density at radius 2 is 1.17 bits per heavy atom. The van der Waals surface area contributed by atoms with Crippen molar-refractivity contribution >= 4 is 5.91 Å². The average molecular weight is 340 g/mol. The zero-order chi connectivity index (χ0) is 18.3. The second kappa shape index (κ2) is 14.5. The fraction of sp³-hybridized carbons (Fsp3) is 0.857. The topological polar surface area (TPSA) is 29.1 Å². The van der Waals surface area contributed by atoms with Crippen LogP contribution in [0.1, 0.15) is 97.3 Å². The summed E-state index contributed by atoms with van der Waals surface area (Å²) in [5.41, 5.74) is 3.57.